The average Bonchev–Trinajstić information content (AvgIpc) is 3.23. The summed E-state index contributed by atoms with van der Waals surface area (Å²) in [4.78, 5) is 14.8. The van der Waals surface area contributed by atoms with Crippen molar-refractivity contribution in [2.45, 2.75) is 44.7 Å². The maximum absolute atomic E-state index is 13.1. The highest BCUT2D eigenvalue weighted by Gasteiger charge is 2.36. The largest absolute Gasteiger partial charge is 0.340 e. The van der Waals surface area contributed by atoms with Crippen molar-refractivity contribution in [3.8, 4) is 0 Å². The smallest absolute Gasteiger partial charge is 0.246 e. The van der Waals surface area contributed by atoms with E-state index in [0.29, 0.717) is 43.2 Å². The van der Waals surface area contributed by atoms with Crippen LogP contribution in [0.25, 0.3) is 0 Å². The molecule has 0 aromatic carbocycles. The number of aromatic nitrogens is 4. The number of carbonyl (C=O) groups is 1. The molecule has 29 heavy (non-hydrogen) atoms. The summed E-state index contributed by atoms with van der Waals surface area (Å²) in [6, 6.07) is 0. The number of nitrogens with zero attached hydrogens (tertiary/aromatic N) is 6. The lowest BCUT2D eigenvalue weighted by molar-refractivity contribution is -0.136. The Morgan fingerprint density at radius 2 is 2.07 bits per heavy atom. The lowest BCUT2D eigenvalue weighted by atomic mass is 9.98. The second-order valence-corrected chi connectivity index (χ2v) is 9.68. The first kappa shape index (κ1) is 21.8. The van der Waals surface area contributed by atoms with Crippen molar-refractivity contribution < 1.29 is 13.2 Å². The molecule has 2 aromatic heterocycles. The number of halogens is 1. The molecule has 0 bridgehead atoms. The van der Waals surface area contributed by atoms with E-state index >= 15 is 0 Å². The summed E-state index contributed by atoms with van der Waals surface area (Å²) in [6.45, 7) is 5.24. The molecule has 3 rings (SSSR count). The van der Waals surface area contributed by atoms with Crippen LogP contribution >= 0.6 is 11.6 Å². The Morgan fingerprint density at radius 3 is 2.69 bits per heavy atom. The maximum Gasteiger partial charge on any atom is 0.246 e. The number of hydrogen-bond donors (Lipinski definition) is 0. The fourth-order valence-corrected chi connectivity index (χ4v) is 5.58. The van der Waals surface area contributed by atoms with Gasteiger partial charge in [0.05, 0.1) is 41.3 Å². The van der Waals surface area contributed by atoms with Crippen molar-refractivity contribution in [2.75, 3.05) is 20.1 Å². The summed E-state index contributed by atoms with van der Waals surface area (Å²) in [7, 11) is -0.268. The fourth-order valence-electron chi connectivity index (χ4n) is 3.66. The third kappa shape index (κ3) is 4.19. The third-order valence-electron chi connectivity index (χ3n) is 5.50. The lowest BCUT2D eigenvalue weighted by Gasteiger charge is -2.33. The molecule has 1 aliphatic rings. The summed E-state index contributed by atoms with van der Waals surface area (Å²) in [5.41, 5.74) is 1.36. The second-order valence-electron chi connectivity index (χ2n) is 7.37. The molecule has 3 heterocycles. The summed E-state index contributed by atoms with van der Waals surface area (Å²) in [5.74, 6) is -0.481. The normalized spacial score (nSPS) is 18.2. The van der Waals surface area contributed by atoms with Crippen LogP contribution in [0, 0.1) is 12.8 Å². The molecule has 1 amide bonds. The van der Waals surface area contributed by atoms with Gasteiger partial charge in [-0.25, -0.2) is 8.42 Å². The Hall–Kier alpha value is -1.91. The Morgan fingerprint density at radius 1 is 1.34 bits per heavy atom. The van der Waals surface area contributed by atoms with Crippen molar-refractivity contribution in [3.63, 3.8) is 0 Å². The first-order chi connectivity index (χ1) is 13.7. The number of piperidine rings is 1. The zero-order valence-electron chi connectivity index (χ0n) is 17.2. The molecule has 1 aliphatic heterocycles. The van der Waals surface area contributed by atoms with Crippen LogP contribution in [0.5, 0.6) is 0 Å². The predicted octanol–water partition coefficient (Wildman–Crippen LogP) is 1.66. The van der Waals surface area contributed by atoms with Gasteiger partial charge < -0.3 is 4.90 Å². The SMILES string of the molecule is CCn1ncc(Cl)c1CN(C)C(=O)C1CCCN(S(=O)(=O)c2cnn(C)c2C)C1. The molecule has 0 N–H and O–H groups in total. The predicted molar refractivity (Wildman–Crippen MR) is 109 cm³/mol. The minimum Gasteiger partial charge on any atom is -0.340 e. The molecule has 0 aliphatic carbocycles. The summed E-state index contributed by atoms with van der Waals surface area (Å²) in [5, 5.41) is 8.76. The van der Waals surface area contributed by atoms with Gasteiger partial charge >= 0.3 is 0 Å². The summed E-state index contributed by atoms with van der Waals surface area (Å²) in [6.07, 6.45) is 4.23. The van der Waals surface area contributed by atoms with Gasteiger partial charge in [0.25, 0.3) is 0 Å². The highest BCUT2D eigenvalue weighted by molar-refractivity contribution is 7.89. The quantitative estimate of drug-likeness (QED) is 0.678. The van der Waals surface area contributed by atoms with Gasteiger partial charge in [0.2, 0.25) is 15.9 Å². The van der Waals surface area contributed by atoms with Gasteiger partial charge in [-0.15, -0.1) is 0 Å². The van der Waals surface area contributed by atoms with Crippen LogP contribution in [-0.4, -0.2) is 63.2 Å². The number of amides is 1. The van der Waals surface area contributed by atoms with E-state index < -0.39 is 15.9 Å². The van der Waals surface area contributed by atoms with E-state index in [1.54, 1.807) is 36.8 Å². The minimum atomic E-state index is -3.69. The van der Waals surface area contributed by atoms with Crippen LogP contribution in [0.2, 0.25) is 5.02 Å². The van der Waals surface area contributed by atoms with Gasteiger partial charge in [-0.05, 0) is 26.7 Å². The van der Waals surface area contributed by atoms with Crippen molar-refractivity contribution in [1.82, 2.24) is 28.8 Å². The van der Waals surface area contributed by atoms with Gasteiger partial charge in [0.1, 0.15) is 4.90 Å². The third-order valence-corrected chi connectivity index (χ3v) is 7.79. The number of carbonyl (C=O) groups excluding carboxylic acids is 1. The van der Waals surface area contributed by atoms with E-state index in [1.165, 1.54) is 15.2 Å². The van der Waals surface area contributed by atoms with E-state index in [1.807, 2.05) is 6.92 Å². The molecule has 1 atom stereocenters. The molecule has 1 fully saturated rings. The lowest BCUT2D eigenvalue weighted by Crippen LogP contribution is -2.45. The Bertz CT molecular complexity index is 999. The zero-order valence-corrected chi connectivity index (χ0v) is 18.7. The molecule has 1 unspecified atom stereocenters. The molecule has 0 radical (unpaired) electrons. The molecule has 2 aromatic rings. The highest BCUT2D eigenvalue weighted by Crippen LogP contribution is 2.27. The summed E-state index contributed by atoms with van der Waals surface area (Å²) < 4.78 is 30.8. The average molecular weight is 443 g/mol. The molecule has 160 valence electrons. The van der Waals surface area contributed by atoms with Gasteiger partial charge in [-0.1, -0.05) is 11.6 Å². The second kappa shape index (κ2) is 8.45. The van der Waals surface area contributed by atoms with Gasteiger partial charge in [0.15, 0.2) is 0 Å². The Kier molecular flexibility index (Phi) is 6.35. The van der Waals surface area contributed by atoms with Crippen molar-refractivity contribution in [2.24, 2.45) is 13.0 Å². The highest BCUT2D eigenvalue weighted by atomic mass is 35.5. The van der Waals surface area contributed by atoms with E-state index in [9.17, 15) is 13.2 Å². The molecule has 0 saturated carbocycles. The first-order valence-corrected chi connectivity index (χ1v) is 11.4. The van der Waals surface area contributed by atoms with Crippen LogP contribution in [0.4, 0.5) is 0 Å². The van der Waals surface area contributed by atoms with E-state index in [-0.39, 0.29) is 17.3 Å². The van der Waals surface area contributed by atoms with E-state index in [2.05, 4.69) is 10.2 Å². The van der Waals surface area contributed by atoms with Crippen LogP contribution in [-0.2, 0) is 35.0 Å². The van der Waals surface area contributed by atoms with Gasteiger partial charge in [-0.2, -0.15) is 14.5 Å². The van der Waals surface area contributed by atoms with Crippen LogP contribution in [0.3, 0.4) is 0 Å². The molecule has 1 saturated heterocycles. The van der Waals surface area contributed by atoms with Crippen LogP contribution < -0.4 is 0 Å². The van der Waals surface area contributed by atoms with E-state index in [0.717, 1.165) is 5.69 Å². The number of sulfonamides is 1. The Balaban J connectivity index is 1.73. The standard InChI is InChI=1S/C18H27ClN6O3S/c1-5-25-16(15(19)9-21-25)12-22(3)18(26)14-7-6-8-24(11-14)29(27,28)17-10-20-23(4)13(17)2/h9-10,14H,5-8,11-12H2,1-4H3. The number of aryl methyl sites for hydroxylation is 2. The maximum atomic E-state index is 13.1. The van der Waals surface area contributed by atoms with Crippen molar-refractivity contribution in [1.29, 1.82) is 0 Å². The first-order valence-electron chi connectivity index (χ1n) is 9.60. The minimum absolute atomic E-state index is 0.0901. The van der Waals surface area contributed by atoms with E-state index in [4.69, 9.17) is 11.6 Å². The topological polar surface area (TPSA) is 93.3 Å². The zero-order chi connectivity index (χ0) is 21.3. The number of rotatable bonds is 6. The molecular formula is C18H27ClN6O3S. The molecule has 9 nitrogen and oxygen atoms in total. The Labute approximate surface area is 176 Å². The fraction of sp³-hybridized carbons (Fsp3) is 0.611. The molecule has 11 heteroatoms. The van der Waals surface area contributed by atoms with Crippen LogP contribution in [0.1, 0.15) is 31.2 Å². The molecule has 0 spiro atoms. The summed E-state index contributed by atoms with van der Waals surface area (Å²) >= 11 is 6.21. The monoisotopic (exact) mass is 442 g/mol. The van der Waals surface area contributed by atoms with Gasteiger partial charge in [0, 0.05) is 33.7 Å². The van der Waals surface area contributed by atoms with Crippen molar-refractivity contribution >= 4 is 27.5 Å². The van der Waals surface area contributed by atoms with Gasteiger partial charge in [-0.3, -0.25) is 14.2 Å². The molecular weight excluding hydrogens is 416 g/mol. The number of hydrogen-bond acceptors (Lipinski definition) is 5. The van der Waals surface area contributed by atoms with Crippen LogP contribution in [0.15, 0.2) is 17.3 Å². The van der Waals surface area contributed by atoms with Crippen molar-refractivity contribution in [3.05, 3.63) is 28.8 Å².